The summed E-state index contributed by atoms with van der Waals surface area (Å²) in [5.41, 5.74) is 0. The van der Waals surface area contributed by atoms with Crippen molar-refractivity contribution < 1.29 is 28.6 Å². The molecule has 0 spiro atoms. The van der Waals surface area contributed by atoms with Crippen molar-refractivity contribution in [1.82, 2.24) is 0 Å². The standard InChI is InChI=1S/C51H84O6/c1-4-7-10-13-16-19-22-24-25-26-27-30-32-35-38-41-44-50(53)56-47-48(46-55-49(52)43-40-37-34-31-28-21-18-15-12-9-6-3)57-51(54)45-42-39-36-33-29-23-20-17-14-11-8-5-2/h7-8,10-11,15-21,24-25,28,48H,4-6,9,12-14,22-23,26-27,29-47H2,1-3H3/b10-7-,11-8-,18-15-,19-16-,20-17-,25-24-,28-21-. The van der Waals surface area contributed by atoms with Crippen molar-refractivity contribution >= 4 is 17.9 Å². The minimum atomic E-state index is -0.798. The average Bonchev–Trinajstić information content (AvgIpc) is 3.21. The van der Waals surface area contributed by atoms with Gasteiger partial charge in [-0.25, -0.2) is 0 Å². The maximum absolute atomic E-state index is 12.7. The van der Waals surface area contributed by atoms with Gasteiger partial charge in [-0.3, -0.25) is 14.4 Å². The predicted molar refractivity (Wildman–Crippen MR) is 242 cm³/mol. The Morgan fingerprint density at radius 1 is 0.386 bits per heavy atom. The van der Waals surface area contributed by atoms with E-state index < -0.39 is 6.10 Å². The van der Waals surface area contributed by atoms with E-state index in [2.05, 4.69) is 106 Å². The normalized spacial score (nSPS) is 12.8. The number of hydrogen-bond donors (Lipinski definition) is 0. The molecule has 6 heteroatoms. The van der Waals surface area contributed by atoms with Crippen molar-refractivity contribution in [2.75, 3.05) is 13.2 Å². The van der Waals surface area contributed by atoms with Crippen LogP contribution in [0.15, 0.2) is 85.1 Å². The van der Waals surface area contributed by atoms with E-state index in [1.165, 1.54) is 32.1 Å². The molecule has 1 atom stereocenters. The van der Waals surface area contributed by atoms with Gasteiger partial charge in [0.1, 0.15) is 13.2 Å². The summed E-state index contributed by atoms with van der Waals surface area (Å²) in [5.74, 6) is -0.963. The van der Waals surface area contributed by atoms with E-state index in [0.29, 0.717) is 19.3 Å². The summed E-state index contributed by atoms with van der Waals surface area (Å²) >= 11 is 0. The molecule has 0 aromatic rings. The van der Waals surface area contributed by atoms with Crippen LogP contribution in [-0.4, -0.2) is 37.2 Å². The van der Waals surface area contributed by atoms with Gasteiger partial charge < -0.3 is 14.2 Å². The Kier molecular flexibility index (Phi) is 42.6. The monoisotopic (exact) mass is 793 g/mol. The topological polar surface area (TPSA) is 78.9 Å². The summed E-state index contributed by atoms with van der Waals surface area (Å²) in [6, 6.07) is 0. The molecule has 0 bridgehead atoms. The van der Waals surface area contributed by atoms with E-state index in [1.54, 1.807) is 0 Å². The lowest BCUT2D eigenvalue weighted by Gasteiger charge is -2.18. The number of allylic oxidation sites excluding steroid dienone is 14. The summed E-state index contributed by atoms with van der Waals surface area (Å²) in [7, 11) is 0. The molecule has 0 fully saturated rings. The van der Waals surface area contributed by atoms with E-state index in [0.717, 1.165) is 128 Å². The zero-order valence-electron chi connectivity index (χ0n) is 36.8. The highest BCUT2D eigenvalue weighted by molar-refractivity contribution is 5.71. The van der Waals surface area contributed by atoms with Crippen LogP contribution in [0.25, 0.3) is 0 Å². The molecule has 0 heterocycles. The van der Waals surface area contributed by atoms with E-state index in [1.807, 2.05) is 0 Å². The number of ether oxygens (including phenoxy) is 3. The van der Waals surface area contributed by atoms with Crippen molar-refractivity contribution in [2.45, 2.75) is 207 Å². The molecule has 0 aliphatic heterocycles. The molecule has 0 aliphatic rings. The van der Waals surface area contributed by atoms with Gasteiger partial charge in [0.25, 0.3) is 0 Å². The molecule has 0 aromatic heterocycles. The Balaban J connectivity index is 4.45. The third kappa shape index (κ3) is 43.6. The minimum Gasteiger partial charge on any atom is -0.462 e. The Morgan fingerprint density at radius 3 is 1.19 bits per heavy atom. The predicted octanol–water partition coefficient (Wildman–Crippen LogP) is 14.9. The van der Waals surface area contributed by atoms with E-state index in [9.17, 15) is 14.4 Å². The minimum absolute atomic E-state index is 0.0992. The Morgan fingerprint density at radius 2 is 0.737 bits per heavy atom. The lowest BCUT2D eigenvalue weighted by Crippen LogP contribution is -2.30. The lowest BCUT2D eigenvalue weighted by molar-refractivity contribution is -0.167. The zero-order valence-corrected chi connectivity index (χ0v) is 36.8. The number of rotatable bonds is 40. The maximum Gasteiger partial charge on any atom is 0.306 e. The second-order valence-electron chi connectivity index (χ2n) is 14.9. The molecule has 0 aromatic carbocycles. The molecule has 0 rings (SSSR count). The molecular formula is C51H84O6. The van der Waals surface area contributed by atoms with Crippen LogP contribution in [0.1, 0.15) is 201 Å². The molecule has 6 nitrogen and oxygen atoms in total. The summed E-state index contributed by atoms with van der Waals surface area (Å²) in [6.07, 6.45) is 57.1. The van der Waals surface area contributed by atoms with Crippen molar-refractivity contribution in [3.05, 3.63) is 85.1 Å². The van der Waals surface area contributed by atoms with Gasteiger partial charge in [0.15, 0.2) is 6.10 Å². The largest absolute Gasteiger partial charge is 0.462 e. The number of esters is 3. The SMILES string of the molecule is CC/C=C\C/C=C\C/C=C\CCCCCCCCC(=O)OCC(COC(=O)CCCCC/C=C\C=C/CCCC)OC(=O)CCCCCCC/C=C\C/C=C\CC. The summed E-state index contributed by atoms with van der Waals surface area (Å²) in [6.45, 7) is 6.29. The number of unbranched alkanes of at least 4 members (excludes halogenated alkanes) is 16. The van der Waals surface area contributed by atoms with Gasteiger partial charge in [-0.2, -0.15) is 0 Å². The highest BCUT2D eigenvalue weighted by Gasteiger charge is 2.19. The van der Waals surface area contributed by atoms with Crippen LogP contribution < -0.4 is 0 Å². The number of carbonyl (C=O) groups is 3. The average molecular weight is 793 g/mol. The van der Waals surface area contributed by atoms with Crippen molar-refractivity contribution in [2.24, 2.45) is 0 Å². The van der Waals surface area contributed by atoms with Crippen LogP contribution in [0.4, 0.5) is 0 Å². The Hall–Kier alpha value is -3.41. The molecular weight excluding hydrogens is 709 g/mol. The highest BCUT2D eigenvalue weighted by Crippen LogP contribution is 2.13. The van der Waals surface area contributed by atoms with Crippen LogP contribution in [0, 0.1) is 0 Å². The third-order valence-corrected chi connectivity index (χ3v) is 9.39. The summed E-state index contributed by atoms with van der Waals surface area (Å²) in [4.78, 5) is 37.8. The first-order chi connectivity index (χ1) is 28.0. The maximum atomic E-state index is 12.7. The second-order valence-corrected chi connectivity index (χ2v) is 14.9. The van der Waals surface area contributed by atoms with Gasteiger partial charge in [0.2, 0.25) is 0 Å². The fourth-order valence-corrected chi connectivity index (χ4v) is 5.94. The molecule has 0 aliphatic carbocycles. The van der Waals surface area contributed by atoms with Gasteiger partial charge in [-0.05, 0) is 96.3 Å². The quantitative estimate of drug-likeness (QED) is 0.0202. The molecule has 57 heavy (non-hydrogen) atoms. The van der Waals surface area contributed by atoms with Gasteiger partial charge in [0, 0.05) is 19.3 Å². The smallest absolute Gasteiger partial charge is 0.306 e. The fraction of sp³-hybridized carbons (Fsp3) is 0.667. The summed E-state index contributed by atoms with van der Waals surface area (Å²) in [5, 5.41) is 0. The Bertz CT molecular complexity index is 1140. The second kappa shape index (κ2) is 45.3. The molecule has 0 N–H and O–H groups in total. The third-order valence-electron chi connectivity index (χ3n) is 9.39. The zero-order chi connectivity index (χ0) is 41.5. The first-order valence-electron chi connectivity index (χ1n) is 23.1. The lowest BCUT2D eigenvalue weighted by atomic mass is 10.1. The van der Waals surface area contributed by atoms with Gasteiger partial charge in [0.05, 0.1) is 0 Å². The van der Waals surface area contributed by atoms with Gasteiger partial charge >= 0.3 is 17.9 Å². The molecule has 0 amide bonds. The van der Waals surface area contributed by atoms with Crippen molar-refractivity contribution in [1.29, 1.82) is 0 Å². The van der Waals surface area contributed by atoms with Crippen LogP contribution >= 0.6 is 0 Å². The van der Waals surface area contributed by atoms with E-state index in [-0.39, 0.29) is 31.1 Å². The number of hydrogen-bond acceptors (Lipinski definition) is 6. The van der Waals surface area contributed by atoms with Crippen molar-refractivity contribution in [3.63, 3.8) is 0 Å². The highest BCUT2D eigenvalue weighted by atomic mass is 16.6. The van der Waals surface area contributed by atoms with Gasteiger partial charge in [-0.1, -0.05) is 170 Å². The molecule has 1 unspecified atom stereocenters. The first-order valence-corrected chi connectivity index (χ1v) is 23.1. The molecule has 0 saturated carbocycles. The first kappa shape index (κ1) is 53.6. The Labute approximate surface area is 350 Å². The van der Waals surface area contributed by atoms with Crippen LogP contribution in [0.5, 0.6) is 0 Å². The van der Waals surface area contributed by atoms with E-state index >= 15 is 0 Å². The summed E-state index contributed by atoms with van der Waals surface area (Å²) < 4.78 is 16.7. The van der Waals surface area contributed by atoms with Gasteiger partial charge in [-0.15, -0.1) is 0 Å². The van der Waals surface area contributed by atoms with Crippen LogP contribution in [0.3, 0.4) is 0 Å². The van der Waals surface area contributed by atoms with Crippen LogP contribution in [0.2, 0.25) is 0 Å². The molecule has 324 valence electrons. The molecule has 0 saturated heterocycles. The molecule has 0 radical (unpaired) electrons. The van der Waals surface area contributed by atoms with Crippen molar-refractivity contribution in [3.8, 4) is 0 Å². The number of carbonyl (C=O) groups excluding carboxylic acids is 3. The fourth-order valence-electron chi connectivity index (χ4n) is 5.94. The van der Waals surface area contributed by atoms with E-state index in [4.69, 9.17) is 14.2 Å². The van der Waals surface area contributed by atoms with Crippen LogP contribution in [-0.2, 0) is 28.6 Å².